The van der Waals surface area contributed by atoms with Gasteiger partial charge in [-0.25, -0.2) is 8.42 Å². The summed E-state index contributed by atoms with van der Waals surface area (Å²) >= 11 is 0. The molecule has 2 heterocycles. The first kappa shape index (κ1) is 23.4. The summed E-state index contributed by atoms with van der Waals surface area (Å²) < 4.78 is 44.4. The van der Waals surface area contributed by atoms with Crippen molar-refractivity contribution in [1.29, 1.82) is 0 Å². The molecule has 2 N–H and O–H groups in total. The molecule has 0 bridgehead atoms. The van der Waals surface area contributed by atoms with Crippen LogP contribution in [-0.4, -0.2) is 58.8 Å². The zero-order valence-electron chi connectivity index (χ0n) is 19.1. The number of fused-ring (bicyclic) bond motifs is 1. The van der Waals surface area contributed by atoms with Crippen molar-refractivity contribution in [3.05, 3.63) is 42.5 Å². The molecule has 2 aromatic carbocycles. The normalized spacial score (nSPS) is 15.4. The van der Waals surface area contributed by atoms with Crippen LogP contribution in [0.4, 0.5) is 11.4 Å². The van der Waals surface area contributed by atoms with Crippen molar-refractivity contribution in [3.8, 4) is 17.0 Å². The number of hydrogen-bond acceptors (Lipinski definition) is 6. The van der Waals surface area contributed by atoms with Crippen LogP contribution in [0.15, 0.2) is 42.5 Å². The van der Waals surface area contributed by atoms with Crippen LogP contribution < -0.4 is 14.8 Å². The monoisotopic (exact) mass is 473 g/mol. The van der Waals surface area contributed by atoms with Crippen LogP contribution in [0.1, 0.15) is 13.3 Å². The second kappa shape index (κ2) is 10.0. The minimum absolute atomic E-state index is 0.204. The van der Waals surface area contributed by atoms with Crippen molar-refractivity contribution in [1.82, 2.24) is 4.57 Å². The van der Waals surface area contributed by atoms with Crippen molar-refractivity contribution < 1.29 is 22.6 Å². The van der Waals surface area contributed by atoms with Crippen molar-refractivity contribution in [2.75, 3.05) is 55.9 Å². The van der Waals surface area contributed by atoms with Crippen LogP contribution in [0.25, 0.3) is 22.2 Å². The van der Waals surface area contributed by atoms with E-state index in [1.54, 1.807) is 7.11 Å². The van der Waals surface area contributed by atoms with E-state index in [9.17, 15) is 8.42 Å². The fourth-order valence-corrected chi connectivity index (χ4v) is 5.83. The van der Waals surface area contributed by atoms with Gasteiger partial charge in [-0.15, -0.1) is 0 Å². The van der Waals surface area contributed by atoms with E-state index in [1.165, 1.54) is 4.31 Å². The Morgan fingerprint density at radius 3 is 2.45 bits per heavy atom. The van der Waals surface area contributed by atoms with E-state index in [1.807, 2.05) is 42.5 Å². The third-order valence-corrected chi connectivity index (χ3v) is 7.72. The molecule has 33 heavy (non-hydrogen) atoms. The molecular formula is C24H31N3O5S. The number of nitrogens with zero attached hydrogens (tertiary/aromatic N) is 2. The average molecular weight is 474 g/mol. The summed E-state index contributed by atoms with van der Waals surface area (Å²) in [5.74, 6) is 0.960. The largest absolute Gasteiger partial charge is 0.491 e. The molecule has 0 aliphatic carbocycles. The first-order chi connectivity index (χ1) is 16.0. The van der Waals surface area contributed by atoms with Gasteiger partial charge in [-0.2, -0.15) is 0 Å². The predicted octanol–water partition coefficient (Wildman–Crippen LogP) is 3.49. The van der Waals surface area contributed by atoms with Gasteiger partial charge in [0.25, 0.3) is 0 Å². The van der Waals surface area contributed by atoms with E-state index >= 15 is 0 Å². The third kappa shape index (κ3) is 4.80. The Hall–Kier alpha value is -2.75. The summed E-state index contributed by atoms with van der Waals surface area (Å²) in [6.45, 7) is 5.37. The molecule has 0 saturated carbocycles. The summed E-state index contributed by atoms with van der Waals surface area (Å²) in [5.41, 5.74) is 10.8. The van der Waals surface area contributed by atoms with Gasteiger partial charge in [-0.3, -0.25) is 4.31 Å². The van der Waals surface area contributed by atoms with Gasteiger partial charge in [-0.1, -0.05) is 12.1 Å². The highest BCUT2D eigenvalue weighted by atomic mass is 32.2. The maximum Gasteiger partial charge on any atom is 0.235 e. The molecule has 1 aliphatic rings. The molecule has 9 heteroatoms. The van der Waals surface area contributed by atoms with Crippen LogP contribution in [0, 0.1) is 0 Å². The third-order valence-electron chi connectivity index (χ3n) is 5.85. The molecular weight excluding hydrogens is 442 g/mol. The number of benzene rings is 2. The number of ether oxygens (including phenoxy) is 3. The van der Waals surface area contributed by atoms with Crippen LogP contribution in [0.2, 0.25) is 0 Å². The molecule has 8 nitrogen and oxygen atoms in total. The first-order valence-electron chi connectivity index (χ1n) is 11.2. The van der Waals surface area contributed by atoms with Crippen molar-refractivity contribution >= 4 is 32.3 Å². The van der Waals surface area contributed by atoms with Crippen LogP contribution in [-0.2, 0) is 26.0 Å². The lowest BCUT2D eigenvalue weighted by atomic mass is 10.1. The Morgan fingerprint density at radius 2 is 1.79 bits per heavy atom. The summed E-state index contributed by atoms with van der Waals surface area (Å²) in [6.07, 6.45) is 0.658. The first-order valence-corrected chi connectivity index (χ1v) is 12.8. The fourth-order valence-electron chi connectivity index (χ4n) is 4.26. The zero-order valence-corrected chi connectivity index (χ0v) is 19.9. The Kier molecular flexibility index (Phi) is 7.11. The number of rotatable bonds is 10. The summed E-state index contributed by atoms with van der Waals surface area (Å²) in [4.78, 5) is 0. The molecule has 1 aliphatic heterocycles. The lowest BCUT2D eigenvalue weighted by Crippen LogP contribution is -2.24. The summed E-state index contributed by atoms with van der Waals surface area (Å²) in [5, 5.41) is 0.960. The Balaban J connectivity index is 1.58. The molecule has 0 spiro atoms. The highest BCUT2D eigenvalue weighted by Crippen LogP contribution is 2.38. The van der Waals surface area contributed by atoms with Gasteiger partial charge >= 0.3 is 0 Å². The van der Waals surface area contributed by atoms with Crippen molar-refractivity contribution in [2.45, 2.75) is 19.9 Å². The molecule has 0 unspecified atom stereocenters. The number of sulfonamides is 1. The SMILES string of the molecule is CCn1c(-c2ccc(N3CCCS3(=O)=O)cc2)c(N)c2ccc(OCCOCCOC)cc21. The lowest BCUT2D eigenvalue weighted by molar-refractivity contribution is 0.0544. The number of aryl methyl sites for hydroxylation is 1. The number of aromatic nitrogens is 1. The maximum absolute atomic E-state index is 12.2. The minimum Gasteiger partial charge on any atom is -0.491 e. The van der Waals surface area contributed by atoms with Gasteiger partial charge in [0.1, 0.15) is 12.4 Å². The number of anilines is 2. The van der Waals surface area contributed by atoms with E-state index in [4.69, 9.17) is 19.9 Å². The number of nitrogens with two attached hydrogens (primary N) is 1. The topological polar surface area (TPSA) is 96.0 Å². The Labute approximate surface area is 194 Å². The standard InChI is InChI=1S/C24H31N3O5S/c1-3-26-22-17-20(32-15-14-31-13-12-30-2)9-10-21(22)23(25)24(26)18-5-7-19(8-6-18)27-11-4-16-33(27,28)29/h5-10,17H,3-4,11-16,25H2,1-2H3. The quantitative estimate of drug-likeness (QED) is 0.453. The van der Waals surface area contributed by atoms with Gasteiger partial charge < -0.3 is 24.5 Å². The van der Waals surface area contributed by atoms with Gasteiger partial charge in [0.2, 0.25) is 10.0 Å². The highest BCUT2D eigenvalue weighted by molar-refractivity contribution is 7.93. The van der Waals surface area contributed by atoms with E-state index in [0.717, 1.165) is 34.5 Å². The Bertz CT molecular complexity index is 1210. The molecule has 4 rings (SSSR count). The average Bonchev–Trinajstić information content (AvgIpc) is 3.31. The minimum atomic E-state index is -3.20. The zero-order chi connectivity index (χ0) is 23.4. The van der Waals surface area contributed by atoms with Crippen LogP contribution in [0.3, 0.4) is 0 Å². The molecule has 0 amide bonds. The lowest BCUT2D eigenvalue weighted by Gasteiger charge is -2.17. The van der Waals surface area contributed by atoms with E-state index in [-0.39, 0.29) is 5.75 Å². The van der Waals surface area contributed by atoms with Crippen LogP contribution in [0.5, 0.6) is 5.75 Å². The van der Waals surface area contributed by atoms with Gasteiger partial charge in [0.15, 0.2) is 0 Å². The number of methoxy groups -OCH3 is 1. The number of nitrogen functional groups attached to an aromatic ring is 1. The highest BCUT2D eigenvalue weighted by Gasteiger charge is 2.28. The van der Waals surface area contributed by atoms with Crippen molar-refractivity contribution in [2.24, 2.45) is 0 Å². The van der Waals surface area contributed by atoms with Gasteiger partial charge in [-0.05, 0) is 37.6 Å². The van der Waals surface area contributed by atoms with E-state index in [2.05, 4.69) is 11.5 Å². The molecule has 3 aromatic rings. The maximum atomic E-state index is 12.2. The van der Waals surface area contributed by atoms with Gasteiger partial charge in [0.05, 0.1) is 48.2 Å². The van der Waals surface area contributed by atoms with Crippen LogP contribution >= 0.6 is 0 Å². The fraction of sp³-hybridized carbons (Fsp3) is 0.417. The molecule has 178 valence electrons. The van der Waals surface area contributed by atoms with E-state index < -0.39 is 10.0 Å². The summed E-state index contributed by atoms with van der Waals surface area (Å²) in [6, 6.07) is 13.5. The Morgan fingerprint density at radius 1 is 1.03 bits per heavy atom. The molecule has 0 atom stereocenters. The molecule has 1 fully saturated rings. The predicted molar refractivity (Wildman–Crippen MR) is 131 cm³/mol. The number of hydrogen-bond donors (Lipinski definition) is 1. The second-order valence-corrected chi connectivity index (χ2v) is 9.94. The van der Waals surface area contributed by atoms with Gasteiger partial charge in [0, 0.05) is 37.2 Å². The smallest absolute Gasteiger partial charge is 0.235 e. The van der Waals surface area contributed by atoms with E-state index in [0.29, 0.717) is 50.8 Å². The molecule has 1 aromatic heterocycles. The van der Waals surface area contributed by atoms with Crippen molar-refractivity contribution in [3.63, 3.8) is 0 Å². The molecule has 0 radical (unpaired) electrons. The second-order valence-electron chi connectivity index (χ2n) is 7.93. The summed E-state index contributed by atoms with van der Waals surface area (Å²) in [7, 11) is -1.56. The molecule has 1 saturated heterocycles.